The van der Waals surface area contributed by atoms with Gasteiger partial charge in [0.2, 0.25) is 5.91 Å². The monoisotopic (exact) mass is 423 g/mol. The molecular formula is C22H21N3O2S2. The summed E-state index contributed by atoms with van der Waals surface area (Å²) in [6, 6.07) is 15.4. The third-order valence-corrected chi connectivity index (χ3v) is 6.02. The number of aromatic nitrogens is 1. The molecule has 1 heterocycles. The lowest BCUT2D eigenvalue weighted by Gasteiger charge is -2.11. The van der Waals surface area contributed by atoms with E-state index in [9.17, 15) is 9.59 Å². The van der Waals surface area contributed by atoms with Crippen molar-refractivity contribution in [2.75, 3.05) is 5.32 Å². The fraction of sp³-hybridized carbons (Fsp3) is 0.227. The Labute approximate surface area is 178 Å². The van der Waals surface area contributed by atoms with E-state index in [1.54, 1.807) is 24.3 Å². The molecule has 2 amide bonds. The van der Waals surface area contributed by atoms with E-state index in [0.717, 1.165) is 24.1 Å². The van der Waals surface area contributed by atoms with Gasteiger partial charge in [-0.25, -0.2) is 0 Å². The first-order valence-corrected chi connectivity index (χ1v) is 10.7. The van der Waals surface area contributed by atoms with Crippen LogP contribution in [-0.2, 0) is 11.3 Å². The molecule has 2 N–H and O–H groups in total. The number of carbonyl (C=O) groups is 2. The van der Waals surface area contributed by atoms with Crippen molar-refractivity contribution < 1.29 is 9.59 Å². The number of thiazole rings is 1. The van der Waals surface area contributed by atoms with E-state index in [1.807, 2.05) is 41.1 Å². The zero-order valence-corrected chi connectivity index (χ0v) is 17.6. The van der Waals surface area contributed by atoms with Gasteiger partial charge in [0, 0.05) is 22.7 Å². The van der Waals surface area contributed by atoms with Crippen molar-refractivity contribution in [1.82, 2.24) is 9.88 Å². The molecule has 0 aliphatic heterocycles. The molecule has 7 heteroatoms. The summed E-state index contributed by atoms with van der Waals surface area (Å²) in [5.74, 6) is -0.294. The molecule has 3 aromatic rings. The molecule has 1 fully saturated rings. The molecule has 0 spiro atoms. The molecule has 1 aromatic heterocycles. The van der Waals surface area contributed by atoms with Gasteiger partial charge in [-0.1, -0.05) is 35.9 Å². The highest BCUT2D eigenvalue weighted by Gasteiger charge is 2.23. The molecule has 5 nitrogen and oxygen atoms in total. The van der Waals surface area contributed by atoms with Crippen molar-refractivity contribution >= 4 is 41.1 Å². The number of rotatable bonds is 6. The first kappa shape index (κ1) is 19.5. The van der Waals surface area contributed by atoms with Crippen molar-refractivity contribution in [2.24, 2.45) is 0 Å². The number of nitrogens with zero attached hydrogens (tertiary/aromatic N) is 1. The van der Waals surface area contributed by atoms with Gasteiger partial charge in [0.1, 0.15) is 6.54 Å². The molecule has 1 aliphatic rings. The molecule has 0 radical (unpaired) electrons. The molecule has 4 rings (SSSR count). The average molecular weight is 424 g/mol. The lowest BCUT2D eigenvalue weighted by Crippen LogP contribution is -2.25. The largest absolute Gasteiger partial charge is 0.349 e. The Morgan fingerprint density at radius 2 is 1.93 bits per heavy atom. The summed E-state index contributed by atoms with van der Waals surface area (Å²) in [6.07, 6.45) is 2.07. The Morgan fingerprint density at radius 1 is 1.17 bits per heavy atom. The normalized spacial score (nSPS) is 13.1. The smallest absolute Gasteiger partial charge is 0.251 e. The van der Waals surface area contributed by atoms with Crippen LogP contribution in [0.1, 0.15) is 28.8 Å². The lowest BCUT2D eigenvalue weighted by molar-refractivity contribution is -0.116. The maximum atomic E-state index is 12.7. The topological polar surface area (TPSA) is 63.1 Å². The highest BCUT2D eigenvalue weighted by Crippen LogP contribution is 2.25. The number of amides is 2. The third-order valence-electron chi connectivity index (χ3n) is 4.75. The van der Waals surface area contributed by atoms with E-state index in [1.165, 1.54) is 16.9 Å². The zero-order valence-electron chi connectivity index (χ0n) is 16.0. The minimum Gasteiger partial charge on any atom is -0.349 e. The highest BCUT2D eigenvalue weighted by atomic mass is 32.1. The number of carbonyl (C=O) groups excluding carboxylic acids is 2. The summed E-state index contributed by atoms with van der Waals surface area (Å²) in [6.45, 7) is 2.15. The minimum absolute atomic E-state index is 0.106. The van der Waals surface area contributed by atoms with E-state index in [-0.39, 0.29) is 18.4 Å². The number of hydrogen-bond acceptors (Lipinski definition) is 4. The molecule has 0 unspecified atom stereocenters. The van der Waals surface area contributed by atoms with Gasteiger partial charge in [-0.15, -0.1) is 11.3 Å². The Balaban J connectivity index is 1.48. The summed E-state index contributed by atoms with van der Waals surface area (Å²) in [7, 11) is 0. The van der Waals surface area contributed by atoms with Crippen LogP contribution in [0.5, 0.6) is 0 Å². The van der Waals surface area contributed by atoms with Crippen LogP contribution < -0.4 is 10.6 Å². The molecule has 1 saturated carbocycles. The predicted molar refractivity (Wildman–Crippen MR) is 119 cm³/mol. The van der Waals surface area contributed by atoms with Crippen LogP contribution in [-0.4, -0.2) is 22.4 Å². The third kappa shape index (κ3) is 4.81. The molecule has 0 atom stereocenters. The minimum atomic E-state index is -0.187. The molecule has 148 valence electrons. The van der Waals surface area contributed by atoms with Crippen molar-refractivity contribution in [3.05, 3.63) is 69.0 Å². The van der Waals surface area contributed by atoms with Crippen LogP contribution in [0.25, 0.3) is 11.3 Å². The molecule has 0 bridgehead atoms. The summed E-state index contributed by atoms with van der Waals surface area (Å²) in [4.78, 5) is 24.9. The Bertz CT molecular complexity index is 1110. The van der Waals surface area contributed by atoms with Crippen molar-refractivity contribution in [3.63, 3.8) is 0 Å². The van der Waals surface area contributed by atoms with Crippen LogP contribution in [0.3, 0.4) is 0 Å². The second-order valence-electron chi connectivity index (χ2n) is 7.22. The predicted octanol–water partition coefficient (Wildman–Crippen LogP) is 4.79. The van der Waals surface area contributed by atoms with Crippen molar-refractivity contribution in [2.45, 2.75) is 32.4 Å². The first-order valence-electron chi connectivity index (χ1n) is 9.46. The SMILES string of the molecule is Cc1ccc(-c2csc(=S)n2CC(=O)Nc2cccc(C(=O)NC3CC3)c2)cc1. The number of aryl methyl sites for hydroxylation is 1. The summed E-state index contributed by atoms with van der Waals surface area (Å²) in [5.41, 5.74) is 4.26. The molecular weight excluding hydrogens is 402 g/mol. The van der Waals surface area contributed by atoms with Gasteiger partial charge >= 0.3 is 0 Å². The Morgan fingerprint density at radius 3 is 2.66 bits per heavy atom. The van der Waals surface area contributed by atoms with E-state index in [0.29, 0.717) is 21.2 Å². The second kappa shape index (κ2) is 8.31. The molecule has 29 heavy (non-hydrogen) atoms. The highest BCUT2D eigenvalue weighted by molar-refractivity contribution is 7.73. The molecule has 1 aliphatic carbocycles. The van der Waals surface area contributed by atoms with Gasteiger partial charge in [-0.3, -0.25) is 9.59 Å². The summed E-state index contributed by atoms with van der Waals surface area (Å²) in [5, 5.41) is 7.81. The van der Waals surface area contributed by atoms with E-state index >= 15 is 0 Å². The summed E-state index contributed by atoms with van der Waals surface area (Å²) < 4.78 is 2.48. The number of nitrogens with one attached hydrogen (secondary N) is 2. The lowest BCUT2D eigenvalue weighted by atomic mass is 10.1. The first-order chi connectivity index (χ1) is 14.0. The Hall–Kier alpha value is -2.77. The maximum Gasteiger partial charge on any atom is 0.251 e. The van der Waals surface area contributed by atoms with Crippen LogP contribution in [0.2, 0.25) is 0 Å². The van der Waals surface area contributed by atoms with Gasteiger partial charge in [0.15, 0.2) is 3.95 Å². The standard InChI is InChI=1S/C22H21N3O2S2/c1-14-5-7-15(8-6-14)19-13-29-22(28)25(19)12-20(26)23-18-4-2-3-16(11-18)21(27)24-17-9-10-17/h2-8,11,13,17H,9-10,12H2,1H3,(H,23,26)(H,24,27). The fourth-order valence-corrected chi connectivity index (χ4v) is 4.08. The fourth-order valence-electron chi connectivity index (χ4n) is 3.01. The maximum absolute atomic E-state index is 12.7. The van der Waals surface area contributed by atoms with E-state index in [4.69, 9.17) is 12.2 Å². The van der Waals surface area contributed by atoms with Crippen LogP contribution in [0.4, 0.5) is 5.69 Å². The molecule has 2 aromatic carbocycles. The van der Waals surface area contributed by atoms with E-state index in [2.05, 4.69) is 10.6 Å². The van der Waals surface area contributed by atoms with Crippen LogP contribution >= 0.6 is 23.6 Å². The Kier molecular flexibility index (Phi) is 5.60. The van der Waals surface area contributed by atoms with Crippen molar-refractivity contribution in [1.29, 1.82) is 0 Å². The number of anilines is 1. The van der Waals surface area contributed by atoms with Crippen LogP contribution in [0.15, 0.2) is 53.9 Å². The van der Waals surface area contributed by atoms with Gasteiger partial charge < -0.3 is 15.2 Å². The summed E-state index contributed by atoms with van der Waals surface area (Å²) >= 11 is 6.87. The van der Waals surface area contributed by atoms with Crippen LogP contribution in [0, 0.1) is 10.9 Å². The van der Waals surface area contributed by atoms with Crippen molar-refractivity contribution in [3.8, 4) is 11.3 Å². The van der Waals surface area contributed by atoms with Gasteiger partial charge in [0.25, 0.3) is 5.91 Å². The molecule has 0 saturated heterocycles. The van der Waals surface area contributed by atoms with E-state index < -0.39 is 0 Å². The van der Waals surface area contributed by atoms with Gasteiger partial charge in [-0.05, 0) is 55.7 Å². The number of benzene rings is 2. The second-order valence-corrected chi connectivity index (χ2v) is 8.72. The quantitative estimate of drug-likeness (QED) is 0.561. The van der Waals surface area contributed by atoms with Gasteiger partial charge in [0.05, 0.1) is 5.69 Å². The average Bonchev–Trinajstić information content (AvgIpc) is 3.45. The zero-order chi connectivity index (χ0) is 20.4. The van der Waals surface area contributed by atoms with Gasteiger partial charge in [-0.2, -0.15) is 0 Å². The number of hydrogen-bond donors (Lipinski definition) is 2.